The summed E-state index contributed by atoms with van der Waals surface area (Å²) in [5, 5.41) is 0.800. The summed E-state index contributed by atoms with van der Waals surface area (Å²) in [5.74, 6) is 0. The lowest BCUT2D eigenvalue weighted by Crippen LogP contribution is -2.48. The smallest absolute Gasteiger partial charge is 0.0958 e. The first-order valence-corrected chi connectivity index (χ1v) is 11.8. The van der Waals surface area contributed by atoms with Crippen LogP contribution in [0.4, 0.5) is 0 Å². The van der Waals surface area contributed by atoms with Gasteiger partial charge in [-0.3, -0.25) is 4.90 Å². The zero-order chi connectivity index (χ0) is 21.8. The minimum atomic E-state index is 0.245. The topological polar surface area (TPSA) is 24.3 Å². The second kappa shape index (κ2) is 9.86. The van der Waals surface area contributed by atoms with Crippen LogP contribution in [-0.4, -0.2) is 52.1 Å². The van der Waals surface area contributed by atoms with E-state index in [1.165, 1.54) is 16.6 Å². The summed E-state index contributed by atoms with van der Waals surface area (Å²) in [6.45, 7) is 6.42. The van der Waals surface area contributed by atoms with Crippen molar-refractivity contribution in [3.8, 4) is 0 Å². The largest absolute Gasteiger partial charge is 0.331 e. The monoisotopic (exact) mass is 444 g/mol. The quantitative estimate of drug-likeness (QED) is 0.377. The number of piperazine rings is 1. The van der Waals surface area contributed by atoms with E-state index in [-0.39, 0.29) is 6.04 Å². The third kappa shape index (κ3) is 4.73. The van der Waals surface area contributed by atoms with Crippen molar-refractivity contribution >= 4 is 22.6 Å². The van der Waals surface area contributed by atoms with Crippen LogP contribution in [0.5, 0.6) is 0 Å². The maximum absolute atomic E-state index is 6.34. The standard InChI is InChI=1S/C27H29ClN4/c28-24-11-6-10-23(20-24)27(22-8-2-1-3-9-22)31-18-16-30(17-19-31)14-7-15-32-21-29-25-12-4-5-13-26(25)32/h1-6,8-13,20-21,27H,7,14-19H2. The van der Waals surface area contributed by atoms with Crippen LogP contribution in [0.15, 0.2) is 85.2 Å². The number of rotatable bonds is 7. The Morgan fingerprint density at radius 2 is 1.53 bits per heavy atom. The molecule has 5 heteroatoms. The minimum Gasteiger partial charge on any atom is -0.331 e. The van der Waals surface area contributed by atoms with Gasteiger partial charge in [-0.2, -0.15) is 0 Å². The fourth-order valence-electron chi connectivity index (χ4n) is 4.82. The van der Waals surface area contributed by atoms with Crippen LogP contribution in [0, 0.1) is 0 Å². The molecular weight excluding hydrogens is 416 g/mol. The summed E-state index contributed by atoms with van der Waals surface area (Å²) in [5.41, 5.74) is 4.90. The van der Waals surface area contributed by atoms with Gasteiger partial charge in [-0.1, -0.05) is 66.2 Å². The summed E-state index contributed by atoms with van der Waals surface area (Å²) in [6.07, 6.45) is 3.11. The Labute approximate surface area is 195 Å². The number of hydrogen-bond donors (Lipinski definition) is 0. The summed E-state index contributed by atoms with van der Waals surface area (Å²) < 4.78 is 2.27. The van der Waals surface area contributed by atoms with E-state index in [1.54, 1.807) is 0 Å². The van der Waals surface area contributed by atoms with Crippen LogP contribution in [0.2, 0.25) is 5.02 Å². The second-order valence-electron chi connectivity index (χ2n) is 8.53. The fraction of sp³-hybridized carbons (Fsp3) is 0.296. The Balaban J connectivity index is 1.20. The zero-order valence-corrected chi connectivity index (χ0v) is 19.0. The average Bonchev–Trinajstić information content (AvgIpc) is 3.24. The van der Waals surface area contributed by atoms with E-state index in [9.17, 15) is 0 Å². The number of fused-ring (bicyclic) bond motifs is 1. The number of imidazole rings is 1. The van der Waals surface area contributed by atoms with Gasteiger partial charge < -0.3 is 9.47 Å². The molecule has 2 heterocycles. The lowest BCUT2D eigenvalue weighted by Gasteiger charge is -2.40. The van der Waals surface area contributed by atoms with E-state index in [0.29, 0.717) is 0 Å². The zero-order valence-electron chi connectivity index (χ0n) is 18.3. The first kappa shape index (κ1) is 21.2. The Morgan fingerprint density at radius 3 is 2.34 bits per heavy atom. The Bertz CT molecular complexity index is 1150. The van der Waals surface area contributed by atoms with Gasteiger partial charge in [0.25, 0.3) is 0 Å². The average molecular weight is 445 g/mol. The Kier molecular flexibility index (Phi) is 6.54. The van der Waals surface area contributed by atoms with Crippen LogP contribution in [0.3, 0.4) is 0 Å². The van der Waals surface area contributed by atoms with Crippen molar-refractivity contribution in [3.63, 3.8) is 0 Å². The van der Waals surface area contributed by atoms with Gasteiger partial charge in [0.1, 0.15) is 0 Å². The summed E-state index contributed by atoms with van der Waals surface area (Å²) >= 11 is 6.34. The van der Waals surface area contributed by atoms with Gasteiger partial charge in [0.05, 0.1) is 23.4 Å². The number of benzene rings is 3. The molecule has 1 unspecified atom stereocenters. The van der Waals surface area contributed by atoms with Crippen LogP contribution in [0.25, 0.3) is 11.0 Å². The third-order valence-electron chi connectivity index (χ3n) is 6.45. The molecule has 1 aliphatic rings. The summed E-state index contributed by atoms with van der Waals surface area (Å²) in [6, 6.07) is 27.7. The van der Waals surface area contributed by atoms with Crippen LogP contribution in [-0.2, 0) is 6.54 Å². The van der Waals surface area contributed by atoms with Crippen molar-refractivity contribution < 1.29 is 0 Å². The highest BCUT2D eigenvalue weighted by Gasteiger charge is 2.26. The third-order valence-corrected chi connectivity index (χ3v) is 6.69. The normalized spacial score (nSPS) is 16.4. The number of hydrogen-bond acceptors (Lipinski definition) is 3. The van der Waals surface area contributed by atoms with Crippen LogP contribution < -0.4 is 0 Å². The molecule has 0 bridgehead atoms. The molecule has 5 rings (SSSR count). The van der Waals surface area contributed by atoms with Gasteiger partial charge >= 0.3 is 0 Å². The highest BCUT2D eigenvalue weighted by Crippen LogP contribution is 2.31. The molecule has 4 nitrogen and oxygen atoms in total. The summed E-state index contributed by atoms with van der Waals surface area (Å²) in [4.78, 5) is 9.70. The maximum atomic E-state index is 6.34. The SMILES string of the molecule is Clc1cccc(C(c2ccccc2)N2CCN(CCCn3cnc4ccccc43)CC2)c1. The number of para-hydroxylation sites is 2. The van der Waals surface area contributed by atoms with Crippen molar-refractivity contribution in [3.05, 3.63) is 101 Å². The molecule has 3 aromatic carbocycles. The van der Waals surface area contributed by atoms with Crippen molar-refractivity contribution in [2.75, 3.05) is 32.7 Å². The van der Waals surface area contributed by atoms with Gasteiger partial charge in [-0.15, -0.1) is 0 Å². The molecule has 1 atom stereocenters. The molecule has 0 N–H and O–H groups in total. The van der Waals surface area contributed by atoms with E-state index in [0.717, 1.165) is 56.2 Å². The number of aromatic nitrogens is 2. The molecule has 0 amide bonds. The number of aryl methyl sites for hydroxylation is 1. The van der Waals surface area contributed by atoms with Crippen molar-refractivity contribution in [2.45, 2.75) is 19.0 Å². The Hall–Kier alpha value is -2.66. The maximum Gasteiger partial charge on any atom is 0.0958 e. The number of nitrogens with zero attached hydrogens (tertiary/aromatic N) is 4. The highest BCUT2D eigenvalue weighted by molar-refractivity contribution is 6.30. The number of halogens is 1. The lowest BCUT2D eigenvalue weighted by molar-refractivity contribution is 0.108. The molecule has 164 valence electrons. The van der Waals surface area contributed by atoms with E-state index in [4.69, 9.17) is 11.6 Å². The molecule has 1 fully saturated rings. The van der Waals surface area contributed by atoms with Crippen molar-refractivity contribution in [2.24, 2.45) is 0 Å². The van der Waals surface area contributed by atoms with E-state index in [2.05, 4.69) is 86.1 Å². The van der Waals surface area contributed by atoms with Crippen molar-refractivity contribution in [1.82, 2.24) is 19.4 Å². The molecule has 0 radical (unpaired) electrons. The predicted molar refractivity (Wildman–Crippen MR) is 132 cm³/mol. The fourth-order valence-corrected chi connectivity index (χ4v) is 5.02. The van der Waals surface area contributed by atoms with Crippen LogP contribution >= 0.6 is 11.6 Å². The molecule has 1 aromatic heterocycles. The first-order valence-electron chi connectivity index (χ1n) is 11.4. The van der Waals surface area contributed by atoms with E-state index in [1.807, 2.05) is 18.5 Å². The minimum absolute atomic E-state index is 0.245. The Morgan fingerprint density at radius 1 is 0.781 bits per heavy atom. The molecule has 0 aliphatic carbocycles. The van der Waals surface area contributed by atoms with E-state index >= 15 is 0 Å². The first-order chi connectivity index (χ1) is 15.8. The van der Waals surface area contributed by atoms with E-state index < -0.39 is 0 Å². The molecular formula is C27H29ClN4. The van der Waals surface area contributed by atoms with Gasteiger partial charge in [-0.25, -0.2) is 4.98 Å². The van der Waals surface area contributed by atoms with Gasteiger partial charge in [0.2, 0.25) is 0 Å². The predicted octanol–water partition coefficient (Wildman–Crippen LogP) is 5.49. The highest BCUT2D eigenvalue weighted by atomic mass is 35.5. The molecule has 0 saturated carbocycles. The molecule has 1 saturated heterocycles. The van der Waals surface area contributed by atoms with Gasteiger partial charge in [-0.05, 0) is 48.4 Å². The summed E-state index contributed by atoms with van der Waals surface area (Å²) in [7, 11) is 0. The second-order valence-corrected chi connectivity index (χ2v) is 8.96. The lowest BCUT2D eigenvalue weighted by atomic mass is 9.96. The molecule has 1 aliphatic heterocycles. The molecule has 0 spiro atoms. The molecule has 32 heavy (non-hydrogen) atoms. The van der Waals surface area contributed by atoms with Crippen molar-refractivity contribution in [1.29, 1.82) is 0 Å². The van der Waals surface area contributed by atoms with Gasteiger partial charge in [0, 0.05) is 37.7 Å². The molecule has 4 aromatic rings. The van der Waals surface area contributed by atoms with Crippen LogP contribution in [0.1, 0.15) is 23.6 Å². The van der Waals surface area contributed by atoms with Gasteiger partial charge in [0.15, 0.2) is 0 Å².